The van der Waals surface area contributed by atoms with Gasteiger partial charge in [0.2, 0.25) is 14.4 Å². The molecule has 0 amide bonds. The summed E-state index contributed by atoms with van der Waals surface area (Å²) < 4.78 is 5.81. The van der Waals surface area contributed by atoms with Crippen molar-refractivity contribution in [1.29, 1.82) is 0 Å². The molecule has 0 N–H and O–H groups in total. The number of rotatable bonds is 3. The summed E-state index contributed by atoms with van der Waals surface area (Å²) in [7, 11) is -1.56. The van der Waals surface area contributed by atoms with E-state index < -0.39 is 8.32 Å². The fraction of sp³-hybridized carbons (Fsp3) is 0.364. The van der Waals surface area contributed by atoms with E-state index in [1.165, 1.54) is 6.08 Å². The molecule has 0 aliphatic carbocycles. The average molecular weight is 221 g/mol. The number of aryl methyl sites for hydroxylation is 1. The van der Waals surface area contributed by atoms with Crippen molar-refractivity contribution in [2.45, 2.75) is 26.6 Å². The second-order valence-electron chi connectivity index (χ2n) is 4.37. The first-order chi connectivity index (χ1) is 6.92. The van der Waals surface area contributed by atoms with Crippen molar-refractivity contribution in [1.82, 2.24) is 0 Å². The first-order valence-corrected chi connectivity index (χ1v) is 8.21. The van der Waals surface area contributed by atoms with Gasteiger partial charge in [0.25, 0.3) is 0 Å². The highest BCUT2D eigenvalue weighted by Crippen LogP contribution is 2.25. The molecule has 0 radical (unpaired) electrons. The molecule has 15 heavy (non-hydrogen) atoms. The molecule has 0 aliphatic rings. The molecule has 1 rings (SSSR count). The first-order valence-electron chi connectivity index (χ1n) is 4.80. The van der Waals surface area contributed by atoms with Crippen LogP contribution in [0.5, 0.6) is 5.75 Å². The number of hydrogen-bond acceptors (Lipinski definition) is 3. The van der Waals surface area contributed by atoms with E-state index in [0.717, 1.165) is 11.3 Å². The Bertz CT molecular complexity index is 404. The third kappa shape index (κ3) is 3.70. The molecule has 0 unspecified atom stereocenters. The highest BCUT2D eigenvalue weighted by atomic mass is 28.4. The summed E-state index contributed by atoms with van der Waals surface area (Å²) in [6.45, 7) is 8.27. The van der Waals surface area contributed by atoms with Gasteiger partial charge >= 0.3 is 0 Å². The van der Waals surface area contributed by atoms with Crippen molar-refractivity contribution < 1.29 is 9.22 Å². The van der Waals surface area contributed by atoms with Gasteiger partial charge in [-0.1, -0.05) is 0 Å². The molecule has 0 saturated carbocycles. The van der Waals surface area contributed by atoms with Crippen molar-refractivity contribution in [2.75, 3.05) is 0 Å². The van der Waals surface area contributed by atoms with Gasteiger partial charge in [0, 0.05) is 0 Å². The maximum atomic E-state index is 10.1. The van der Waals surface area contributed by atoms with Gasteiger partial charge in [0.05, 0.1) is 5.69 Å². The molecule has 0 saturated heterocycles. The summed E-state index contributed by atoms with van der Waals surface area (Å²) in [5.41, 5.74) is 1.57. The zero-order valence-electron chi connectivity index (χ0n) is 9.50. The fourth-order valence-corrected chi connectivity index (χ4v) is 2.05. The minimum Gasteiger partial charge on any atom is -0.544 e. The van der Waals surface area contributed by atoms with Crippen LogP contribution >= 0.6 is 0 Å². The molecule has 0 fully saturated rings. The van der Waals surface area contributed by atoms with E-state index in [9.17, 15) is 4.79 Å². The van der Waals surface area contributed by atoms with E-state index in [-0.39, 0.29) is 0 Å². The Kier molecular flexibility index (Phi) is 3.45. The molecule has 1 aromatic carbocycles. The quantitative estimate of drug-likeness (QED) is 0.446. The van der Waals surface area contributed by atoms with Gasteiger partial charge in [-0.2, -0.15) is 4.99 Å². The fourth-order valence-electron chi connectivity index (χ4n) is 1.22. The molecule has 0 spiro atoms. The molecule has 0 aliphatic heterocycles. The molecular weight excluding hydrogens is 206 g/mol. The number of hydrogen-bond donors (Lipinski definition) is 0. The standard InChI is InChI=1S/C11H15NO2Si/c1-9-7-10(14-15(2,3)4)5-6-11(9)12-8-13/h5-7H,1-4H3. The molecule has 1 aromatic rings. The zero-order chi connectivity index (χ0) is 11.5. The third-order valence-electron chi connectivity index (χ3n) is 1.76. The van der Waals surface area contributed by atoms with Crippen LogP contribution in [0.15, 0.2) is 23.2 Å². The Morgan fingerprint density at radius 2 is 2.00 bits per heavy atom. The van der Waals surface area contributed by atoms with Crippen LogP contribution in [-0.2, 0) is 4.79 Å². The second-order valence-corrected chi connectivity index (χ2v) is 8.79. The van der Waals surface area contributed by atoms with E-state index in [1.54, 1.807) is 6.07 Å². The van der Waals surface area contributed by atoms with Crippen LogP contribution in [0.3, 0.4) is 0 Å². The summed E-state index contributed by atoms with van der Waals surface area (Å²) in [6.07, 6.45) is 1.54. The monoisotopic (exact) mass is 221 g/mol. The Balaban J connectivity index is 2.96. The molecule has 0 bridgehead atoms. The van der Waals surface area contributed by atoms with Crippen molar-refractivity contribution in [3.05, 3.63) is 23.8 Å². The van der Waals surface area contributed by atoms with Crippen LogP contribution < -0.4 is 4.43 Å². The normalized spacial score (nSPS) is 10.7. The van der Waals surface area contributed by atoms with Gasteiger partial charge in [-0.05, 0) is 50.3 Å². The number of benzene rings is 1. The first kappa shape index (κ1) is 11.7. The lowest BCUT2D eigenvalue weighted by atomic mass is 10.2. The van der Waals surface area contributed by atoms with Crippen LogP contribution in [0.4, 0.5) is 5.69 Å². The Morgan fingerprint density at radius 3 is 2.47 bits per heavy atom. The van der Waals surface area contributed by atoms with Crippen LogP contribution in [0.1, 0.15) is 5.56 Å². The zero-order valence-corrected chi connectivity index (χ0v) is 10.5. The lowest BCUT2D eigenvalue weighted by Gasteiger charge is -2.19. The summed E-state index contributed by atoms with van der Waals surface area (Å²) in [6, 6.07) is 5.51. The minimum atomic E-state index is -1.56. The topological polar surface area (TPSA) is 38.7 Å². The maximum absolute atomic E-state index is 10.1. The molecule has 3 nitrogen and oxygen atoms in total. The van der Waals surface area contributed by atoms with Crippen LogP contribution in [0.25, 0.3) is 0 Å². The summed E-state index contributed by atoms with van der Waals surface area (Å²) in [4.78, 5) is 13.7. The predicted octanol–water partition coefficient (Wildman–Crippen LogP) is 3.18. The summed E-state index contributed by atoms with van der Waals surface area (Å²) in [5.74, 6) is 0.844. The predicted molar refractivity (Wildman–Crippen MR) is 62.9 cm³/mol. The van der Waals surface area contributed by atoms with Gasteiger partial charge in [0.1, 0.15) is 5.75 Å². The van der Waals surface area contributed by atoms with E-state index in [0.29, 0.717) is 5.69 Å². The van der Waals surface area contributed by atoms with Crippen molar-refractivity contribution in [2.24, 2.45) is 4.99 Å². The van der Waals surface area contributed by atoms with Gasteiger partial charge in [-0.15, -0.1) is 0 Å². The van der Waals surface area contributed by atoms with E-state index >= 15 is 0 Å². The van der Waals surface area contributed by atoms with E-state index in [4.69, 9.17) is 4.43 Å². The third-order valence-corrected chi connectivity index (χ3v) is 2.61. The van der Waals surface area contributed by atoms with Crippen LogP contribution in [-0.4, -0.2) is 14.4 Å². The van der Waals surface area contributed by atoms with Gasteiger partial charge in [-0.3, -0.25) is 0 Å². The highest BCUT2D eigenvalue weighted by Gasteiger charge is 2.16. The number of nitrogens with zero attached hydrogens (tertiary/aromatic N) is 1. The Hall–Kier alpha value is -1.38. The van der Waals surface area contributed by atoms with Crippen molar-refractivity contribution in [3.63, 3.8) is 0 Å². The molecule has 0 aromatic heterocycles. The van der Waals surface area contributed by atoms with Crippen LogP contribution in [0, 0.1) is 6.92 Å². The molecular formula is C11H15NO2Si. The van der Waals surface area contributed by atoms with E-state index in [1.807, 2.05) is 19.1 Å². The second kappa shape index (κ2) is 4.42. The number of isocyanates is 1. The van der Waals surface area contributed by atoms with Gasteiger partial charge in [0.15, 0.2) is 0 Å². The average Bonchev–Trinajstić information content (AvgIpc) is 2.07. The SMILES string of the molecule is Cc1cc(O[Si](C)(C)C)ccc1N=C=O. The smallest absolute Gasteiger partial charge is 0.242 e. The Morgan fingerprint density at radius 1 is 1.33 bits per heavy atom. The molecule has 80 valence electrons. The van der Waals surface area contributed by atoms with Gasteiger partial charge < -0.3 is 4.43 Å². The Labute approximate surface area is 90.9 Å². The number of carbonyl (C=O) groups excluding carboxylic acids is 1. The lowest BCUT2D eigenvalue weighted by Crippen LogP contribution is -2.29. The highest BCUT2D eigenvalue weighted by molar-refractivity contribution is 6.70. The van der Waals surface area contributed by atoms with Crippen molar-refractivity contribution >= 4 is 20.1 Å². The number of aliphatic imine (C=N–C) groups is 1. The molecule has 4 heteroatoms. The lowest BCUT2D eigenvalue weighted by molar-refractivity contribution is 0.557. The summed E-state index contributed by atoms with van der Waals surface area (Å²) in [5, 5.41) is 0. The largest absolute Gasteiger partial charge is 0.544 e. The van der Waals surface area contributed by atoms with Gasteiger partial charge in [-0.25, -0.2) is 4.79 Å². The molecule has 0 heterocycles. The summed E-state index contributed by atoms with van der Waals surface area (Å²) >= 11 is 0. The van der Waals surface area contributed by atoms with E-state index in [2.05, 4.69) is 24.6 Å². The van der Waals surface area contributed by atoms with Crippen LogP contribution in [0.2, 0.25) is 19.6 Å². The molecule has 0 atom stereocenters. The minimum absolute atomic E-state index is 0.646. The maximum Gasteiger partial charge on any atom is 0.242 e. The van der Waals surface area contributed by atoms with Crippen molar-refractivity contribution in [3.8, 4) is 5.75 Å².